The molecule has 5 nitrogen and oxygen atoms in total. The number of amides is 1. The zero-order valence-electron chi connectivity index (χ0n) is 16.1. The molecule has 1 aliphatic rings. The lowest BCUT2D eigenvalue weighted by Gasteiger charge is -2.33. The summed E-state index contributed by atoms with van der Waals surface area (Å²) in [5.74, 6) is 7.10. The Bertz CT molecular complexity index is 647. The summed E-state index contributed by atoms with van der Waals surface area (Å²) in [6.07, 6.45) is 3.18. The number of piperidine rings is 1. The Labute approximate surface area is 156 Å². The van der Waals surface area contributed by atoms with Crippen LogP contribution in [-0.4, -0.2) is 42.3 Å². The number of likely N-dealkylation sites (tertiary alicyclic amines) is 1. The Kier molecular flexibility index (Phi) is 7.35. The molecule has 0 aliphatic carbocycles. The molecular formula is C21H30N2O3. The molecule has 1 fully saturated rings. The maximum atomic E-state index is 12.1. The van der Waals surface area contributed by atoms with Crippen LogP contribution >= 0.6 is 0 Å². The number of hydrogen-bond acceptors (Lipinski definition) is 4. The van der Waals surface area contributed by atoms with Crippen molar-refractivity contribution in [3.63, 3.8) is 0 Å². The van der Waals surface area contributed by atoms with Gasteiger partial charge < -0.3 is 20.1 Å². The van der Waals surface area contributed by atoms with Crippen LogP contribution in [0.25, 0.3) is 0 Å². The highest BCUT2D eigenvalue weighted by molar-refractivity contribution is 5.68. The Morgan fingerprint density at radius 1 is 1.31 bits per heavy atom. The largest absolute Gasteiger partial charge is 0.490 e. The molecule has 2 N–H and O–H groups in total. The van der Waals surface area contributed by atoms with Gasteiger partial charge in [-0.1, -0.05) is 17.9 Å². The van der Waals surface area contributed by atoms with Crippen LogP contribution in [0.1, 0.15) is 52.0 Å². The summed E-state index contributed by atoms with van der Waals surface area (Å²) >= 11 is 0. The molecule has 0 unspecified atom stereocenters. The van der Waals surface area contributed by atoms with Crippen molar-refractivity contribution in [3.05, 3.63) is 29.8 Å². The van der Waals surface area contributed by atoms with E-state index < -0.39 is 5.60 Å². The van der Waals surface area contributed by atoms with Gasteiger partial charge in [-0.05, 0) is 51.9 Å². The Balaban J connectivity index is 1.83. The number of nitrogens with two attached hydrogens (primary N) is 1. The topological polar surface area (TPSA) is 64.8 Å². The standard InChI is InChI=1S/C21H30N2O3/c1-21(2,3)26-20(24)23-14-11-18(12-15-23)25-19-10-7-9-17(16-19)8-5-4-6-13-22/h7,9-10,16,18H,4,6,11-15,22H2,1-3H3. The van der Waals surface area contributed by atoms with E-state index in [1.807, 2.05) is 45.0 Å². The second-order valence-electron chi connectivity index (χ2n) is 7.51. The van der Waals surface area contributed by atoms with Crippen LogP contribution in [0.3, 0.4) is 0 Å². The van der Waals surface area contributed by atoms with Crippen molar-refractivity contribution in [2.75, 3.05) is 19.6 Å². The maximum absolute atomic E-state index is 12.1. The van der Waals surface area contributed by atoms with Crippen LogP contribution in [0.5, 0.6) is 5.75 Å². The number of rotatable bonds is 4. The van der Waals surface area contributed by atoms with E-state index in [0.29, 0.717) is 19.6 Å². The smallest absolute Gasteiger partial charge is 0.410 e. The average molecular weight is 358 g/mol. The highest BCUT2D eigenvalue weighted by Gasteiger charge is 2.27. The van der Waals surface area contributed by atoms with Crippen LogP contribution in [0.4, 0.5) is 4.79 Å². The zero-order valence-corrected chi connectivity index (χ0v) is 16.1. The summed E-state index contributed by atoms with van der Waals surface area (Å²) in [5.41, 5.74) is 5.96. The van der Waals surface area contributed by atoms with Crippen molar-refractivity contribution in [1.82, 2.24) is 4.90 Å². The molecular weight excluding hydrogens is 328 g/mol. The van der Waals surface area contributed by atoms with Crippen LogP contribution in [-0.2, 0) is 4.74 Å². The van der Waals surface area contributed by atoms with Crippen LogP contribution in [0, 0.1) is 11.8 Å². The quantitative estimate of drug-likeness (QED) is 0.660. The monoisotopic (exact) mass is 358 g/mol. The van der Waals surface area contributed by atoms with Gasteiger partial charge in [-0.2, -0.15) is 0 Å². The molecule has 1 aromatic rings. The van der Waals surface area contributed by atoms with Crippen LogP contribution in [0.2, 0.25) is 0 Å². The third-order valence-electron chi connectivity index (χ3n) is 3.97. The van der Waals surface area contributed by atoms with E-state index >= 15 is 0 Å². The number of nitrogens with zero attached hydrogens (tertiary/aromatic N) is 1. The molecule has 0 bridgehead atoms. The van der Waals surface area contributed by atoms with E-state index in [1.165, 1.54) is 0 Å². The van der Waals surface area contributed by atoms with Crippen LogP contribution in [0.15, 0.2) is 24.3 Å². The van der Waals surface area contributed by atoms with Gasteiger partial charge in [0.2, 0.25) is 0 Å². The number of hydrogen-bond donors (Lipinski definition) is 1. The second kappa shape index (κ2) is 9.49. The second-order valence-corrected chi connectivity index (χ2v) is 7.51. The summed E-state index contributed by atoms with van der Waals surface area (Å²) in [4.78, 5) is 13.9. The normalized spacial score (nSPS) is 15.2. The Morgan fingerprint density at radius 2 is 2.04 bits per heavy atom. The average Bonchev–Trinajstić information content (AvgIpc) is 2.58. The molecule has 0 radical (unpaired) electrons. The molecule has 0 spiro atoms. The first-order chi connectivity index (χ1) is 12.4. The third-order valence-corrected chi connectivity index (χ3v) is 3.97. The fraction of sp³-hybridized carbons (Fsp3) is 0.571. The van der Waals surface area contributed by atoms with Gasteiger partial charge in [0.05, 0.1) is 0 Å². The van der Waals surface area contributed by atoms with Crippen molar-refractivity contribution < 1.29 is 14.3 Å². The summed E-state index contributed by atoms with van der Waals surface area (Å²) in [6, 6.07) is 7.85. The van der Waals surface area contributed by atoms with Gasteiger partial charge in [0.15, 0.2) is 0 Å². The van der Waals surface area contributed by atoms with E-state index in [-0.39, 0.29) is 12.2 Å². The minimum atomic E-state index is -0.462. The summed E-state index contributed by atoms with van der Waals surface area (Å²) in [5, 5.41) is 0. The van der Waals surface area contributed by atoms with E-state index in [1.54, 1.807) is 4.90 Å². The van der Waals surface area contributed by atoms with E-state index in [9.17, 15) is 4.79 Å². The number of carbonyl (C=O) groups excluding carboxylic acids is 1. The zero-order chi connectivity index (χ0) is 19.0. The molecule has 1 aliphatic heterocycles. The molecule has 0 aromatic heterocycles. The highest BCUT2D eigenvalue weighted by atomic mass is 16.6. The summed E-state index contributed by atoms with van der Waals surface area (Å²) < 4.78 is 11.5. The number of benzene rings is 1. The molecule has 1 amide bonds. The van der Waals surface area contributed by atoms with Crippen LogP contribution < -0.4 is 10.5 Å². The first kappa shape index (κ1) is 20.1. The number of ether oxygens (including phenoxy) is 2. The van der Waals surface area contributed by atoms with E-state index in [2.05, 4.69) is 11.8 Å². The fourth-order valence-corrected chi connectivity index (χ4v) is 2.68. The van der Waals surface area contributed by atoms with Crippen molar-refractivity contribution in [2.45, 2.75) is 58.2 Å². The van der Waals surface area contributed by atoms with Gasteiger partial charge in [-0.3, -0.25) is 0 Å². The predicted molar refractivity (Wildman–Crippen MR) is 103 cm³/mol. The van der Waals surface area contributed by atoms with Crippen molar-refractivity contribution in [3.8, 4) is 17.6 Å². The van der Waals surface area contributed by atoms with Gasteiger partial charge in [0.1, 0.15) is 17.5 Å². The number of unbranched alkanes of at least 4 members (excludes halogenated alkanes) is 1. The molecule has 1 aromatic carbocycles. The Hall–Kier alpha value is -2.19. The molecule has 142 valence electrons. The molecule has 1 heterocycles. The third kappa shape index (κ3) is 6.97. The van der Waals surface area contributed by atoms with E-state index in [4.69, 9.17) is 15.2 Å². The molecule has 0 saturated carbocycles. The minimum absolute atomic E-state index is 0.106. The lowest BCUT2D eigenvalue weighted by atomic mass is 10.1. The molecule has 1 saturated heterocycles. The molecule has 26 heavy (non-hydrogen) atoms. The van der Waals surface area contributed by atoms with Gasteiger partial charge >= 0.3 is 6.09 Å². The summed E-state index contributed by atoms with van der Waals surface area (Å²) in [7, 11) is 0. The maximum Gasteiger partial charge on any atom is 0.410 e. The SMILES string of the molecule is CC(C)(C)OC(=O)N1CCC(Oc2cccc(C#CCCCN)c2)CC1. The molecule has 5 heteroatoms. The van der Waals surface area contributed by atoms with Gasteiger partial charge in [-0.25, -0.2) is 4.79 Å². The molecule has 2 rings (SSSR count). The first-order valence-corrected chi connectivity index (χ1v) is 9.31. The lowest BCUT2D eigenvalue weighted by molar-refractivity contribution is 0.0126. The number of carbonyl (C=O) groups is 1. The van der Waals surface area contributed by atoms with Gasteiger partial charge in [0, 0.05) is 37.9 Å². The van der Waals surface area contributed by atoms with Crippen molar-refractivity contribution in [2.24, 2.45) is 5.73 Å². The Morgan fingerprint density at radius 3 is 2.69 bits per heavy atom. The summed E-state index contributed by atoms with van der Waals surface area (Å²) in [6.45, 7) is 7.61. The van der Waals surface area contributed by atoms with Crippen molar-refractivity contribution in [1.29, 1.82) is 0 Å². The molecule has 0 atom stereocenters. The first-order valence-electron chi connectivity index (χ1n) is 9.31. The van der Waals surface area contributed by atoms with E-state index in [0.717, 1.165) is 37.0 Å². The predicted octanol–water partition coefficient (Wildman–Crippen LogP) is 3.56. The minimum Gasteiger partial charge on any atom is -0.490 e. The fourth-order valence-electron chi connectivity index (χ4n) is 2.68. The van der Waals surface area contributed by atoms with Crippen molar-refractivity contribution >= 4 is 6.09 Å². The van der Waals surface area contributed by atoms with Gasteiger partial charge in [-0.15, -0.1) is 0 Å². The lowest BCUT2D eigenvalue weighted by Crippen LogP contribution is -2.44. The highest BCUT2D eigenvalue weighted by Crippen LogP contribution is 2.21. The van der Waals surface area contributed by atoms with Gasteiger partial charge in [0.25, 0.3) is 0 Å².